The third-order valence-corrected chi connectivity index (χ3v) is 7.81. The summed E-state index contributed by atoms with van der Waals surface area (Å²) < 4.78 is 1.05. The van der Waals surface area contributed by atoms with E-state index in [0.717, 1.165) is 45.2 Å². The monoisotopic (exact) mass is 499 g/mol. The van der Waals surface area contributed by atoms with Gasteiger partial charge in [0.2, 0.25) is 5.13 Å². The Balaban J connectivity index is 1.46. The lowest BCUT2D eigenvalue weighted by Crippen LogP contribution is -2.21. The standard InChI is InChI=1S/C28H29N5S2/c1-4-7-8-20-9-11-21(12-10-20)22(19-29)17-25-18-26-27(34-25)30-28(35-26)32-31-23-13-15-24(16-14-23)33(5-2)6-3/h9-18H,4-8H2,1-3H3/b22-17+,32-31+. The van der Waals surface area contributed by atoms with E-state index >= 15 is 0 Å². The van der Waals surface area contributed by atoms with Crippen LogP contribution in [0.3, 0.4) is 0 Å². The summed E-state index contributed by atoms with van der Waals surface area (Å²) in [7, 11) is 0. The molecule has 0 aliphatic rings. The van der Waals surface area contributed by atoms with Crippen LogP contribution in [0.5, 0.6) is 0 Å². The molecule has 0 amide bonds. The normalized spacial score (nSPS) is 11.9. The van der Waals surface area contributed by atoms with Gasteiger partial charge in [0.25, 0.3) is 0 Å². The van der Waals surface area contributed by atoms with E-state index in [-0.39, 0.29) is 0 Å². The topological polar surface area (TPSA) is 64.6 Å². The SMILES string of the molecule is CCCCc1ccc(/C(C#N)=C/c2cc3sc(/N=N/c4ccc(N(CC)CC)cc4)nc3s2)cc1. The number of nitrogens with zero attached hydrogens (tertiary/aromatic N) is 5. The minimum Gasteiger partial charge on any atom is -0.372 e. The summed E-state index contributed by atoms with van der Waals surface area (Å²) in [5, 5.41) is 19.1. The van der Waals surface area contributed by atoms with E-state index in [0.29, 0.717) is 10.7 Å². The van der Waals surface area contributed by atoms with Crippen LogP contribution in [0.15, 0.2) is 64.8 Å². The van der Waals surface area contributed by atoms with Crippen LogP contribution in [0, 0.1) is 11.3 Å². The van der Waals surface area contributed by atoms with Crippen molar-refractivity contribution in [3.05, 3.63) is 70.6 Å². The zero-order valence-electron chi connectivity index (χ0n) is 20.4. The molecule has 0 radical (unpaired) electrons. The first-order valence-electron chi connectivity index (χ1n) is 12.0. The van der Waals surface area contributed by atoms with E-state index in [1.165, 1.54) is 35.4 Å². The van der Waals surface area contributed by atoms with Crippen molar-refractivity contribution >= 4 is 60.4 Å². The van der Waals surface area contributed by atoms with Gasteiger partial charge < -0.3 is 4.90 Å². The number of nitriles is 1. The van der Waals surface area contributed by atoms with Crippen molar-refractivity contribution in [3.63, 3.8) is 0 Å². The number of rotatable bonds is 10. The number of hydrogen-bond acceptors (Lipinski definition) is 7. The maximum Gasteiger partial charge on any atom is 0.231 e. The van der Waals surface area contributed by atoms with Crippen molar-refractivity contribution in [1.29, 1.82) is 5.26 Å². The van der Waals surface area contributed by atoms with E-state index in [4.69, 9.17) is 0 Å². The maximum atomic E-state index is 9.72. The smallest absolute Gasteiger partial charge is 0.231 e. The molecule has 2 aromatic carbocycles. The molecule has 2 aromatic heterocycles. The number of unbranched alkanes of at least 4 members (excludes halogenated alkanes) is 1. The maximum absolute atomic E-state index is 9.72. The van der Waals surface area contributed by atoms with Crippen molar-refractivity contribution < 1.29 is 0 Å². The second-order valence-corrected chi connectivity index (χ2v) is 10.2. The van der Waals surface area contributed by atoms with Gasteiger partial charge in [-0.2, -0.15) is 5.26 Å². The fraction of sp³-hybridized carbons (Fsp3) is 0.286. The third-order valence-electron chi connectivity index (χ3n) is 5.82. The molecule has 0 N–H and O–H groups in total. The summed E-state index contributed by atoms with van der Waals surface area (Å²) >= 11 is 3.08. The van der Waals surface area contributed by atoms with Crippen LogP contribution in [-0.4, -0.2) is 18.1 Å². The highest BCUT2D eigenvalue weighted by atomic mass is 32.1. The Morgan fingerprint density at radius 1 is 1.00 bits per heavy atom. The molecule has 0 spiro atoms. The van der Waals surface area contributed by atoms with Crippen LogP contribution in [0.4, 0.5) is 16.5 Å². The third kappa shape index (κ3) is 6.21. The van der Waals surface area contributed by atoms with Crippen molar-refractivity contribution in [2.75, 3.05) is 18.0 Å². The van der Waals surface area contributed by atoms with Gasteiger partial charge in [-0.05, 0) is 74.2 Å². The quantitative estimate of drug-likeness (QED) is 0.161. The zero-order valence-corrected chi connectivity index (χ0v) is 22.0. The predicted molar refractivity (Wildman–Crippen MR) is 150 cm³/mol. The number of aryl methyl sites for hydroxylation is 1. The fourth-order valence-corrected chi connectivity index (χ4v) is 5.81. The van der Waals surface area contributed by atoms with Gasteiger partial charge in [0.05, 0.1) is 22.0 Å². The summed E-state index contributed by atoms with van der Waals surface area (Å²) in [5.74, 6) is 0. The van der Waals surface area contributed by atoms with Crippen LogP contribution in [0.1, 0.15) is 49.6 Å². The second kappa shape index (κ2) is 11.9. The molecule has 0 unspecified atom stereocenters. The molecule has 2 heterocycles. The van der Waals surface area contributed by atoms with Crippen LogP contribution in [0.25, 0.3) is 21.2 Å². The molecule has 0 bridgehead atoms. The van der Waals surface area contributed by atoms with Gasteiger partial charge in [-0.25, -0.2) is 4.98 Å². The molecule has 4 rings (SSSR count). The first kappa shape index (κ1) is 24.8. The molecule has 0 fully saturated rings. The number of anilines is 1. The van der Waals surface area contributed by atoms with E-state index in [1.807, 2.05) is 30.3 Å². The average Bonchev–Trinajstić information content (AvgIpc) is 3.45. The zero-order chi connectivity index (χ0) is 24.6. The van der Waals surface area contributed by atoms with Gasteiger partial charge in [-0.3, -0.25) is 0 Å². The highest BCUT2D eigenvalue weighted by molar-refractivity contribution is 7.29. The molecular formula is C28H29N5S2. The molecular weight excluding hydrogens is 470 g/mol. The first-order valence-corrected chi connectivity index (χ1v) is 13.6. The highest BCUT2D eigenvalue weighted by Crippen LogP contribution is 2.36. The lowest BCUT2D eigenvalue weighted by molar-refractivity contribution is 0.795. The molecule has 4 aromatic rings. The Bertz CT molecular complexity index is 1320. The molecule has 35 heavy (non-hydrogen) atoms. The lowest BCUT2D eigenvalue weighted by atomic mass is 10.0. The van der Waals surface area contributed by atoms with E-state index in [9.17, 15) is 5.26 Å². The van der Waals surface area contributed by atoms with Gasteiger partial charge in [-0.1, -0.05) is 48.9 Å². The summed E-state index contributed by atoms with van der Waals surface area (Å²) in [6.07, 6.45) is 5.39. The number of thiophene rings is 1. The number of azo groups is 1. The molecule has 178 valence electrons. The number of hydrogen-bond donors (Lipinski definition) is 0. The molecule has 0 aliphatic heterocycles. The number of fused-ring (bicyclic) bond motifs is 1. The van der Waals surface area contributed by atoms with E-state index < -0.39 is 0 Å². The molecule has 0 saturated carbocycles. The summed E-state index contributed by atoms with van der Waals surface area (Å²) in [5.41, 5.74) is 4.92. The Morgan fingerprint density at radius 3 is 2.37 bits per heavy atom. The first-order chi connectivity index (χ1) is 17.1. The Hall–Kier alpha value is -3.34. The van der Waals surface area contributed by atoms with Crippen LogP contribution in [0.2, 0.25) is 0 Å². The van der Waals surface area contributed by atoms with Crippen molar-refractivity contribution in [1.82, 2.24) is 4.98 Å². The predicted octanol–water partition coefficient (Wildman–Crippen LogP) is 9.03. The summed E-state index contributed by atoms with van der Waals surface area (Å²) in [4.78, 5) is 8.85. The van der Waals surface area contributed by atoms with Crippen LogP contribution in [-0.2, 0) is 6.42 Å². The average molecular weight is 500 g/mol. The summed E-state index contributed by atoms with van der Waals surface area (Å²) in [6.45, 7) is 8.46. The number of thiazole rings is 1. The number of allylic oxidation sites excluding steroid dienone is 1. The number of benzene rings is 2. The summed E-state index contributed by atoms with van der Waals surface area (Å²) in [6, 6.07) is 20.9. The van der Waals surface area contributed by atoms with Crippen LogP contribution < -0.4 is 4.90 Å². The van der Waals surface area contributed by atoms with Crippen molar-refractivity contribution in [2.45, 2.75) is 40.0 Å². The molecule has 0 saturated heterocycles. The lowest BCUT2D eigenvalue weighted by Gasteiger charge is -2.20. The molecule has 5 nitrogen and oxygen atoms in total. The minimum absolute atomic E-state index is 0.637. The number of aromatic nitrogens is 1. The highest BCUT2D eigenvalue weighted by Gasteiger charge is 2.09. The van der Waals surface area contributed by atoms with E-state index in [1.54, 1.807) is 11.3 Å². The van der Waals surface area contributed by atoms with E-state index in [2.05, 4.69) is 77.3 Å². The molecule has 7 heteroatoms. The van der Waals surface area contributed by atoms with Gasteiger partial charge in [-0.15, -0.1) is 21.6 Å². The van der Waals surface area contributed by atoms with Crippen LogP contribution >= 0.6 is 22.7 Å². The van der Waals surface area contributed by atoms with Crippen molar-refractivity contribution in [2.24, 2.45) is 10.2 Å². The second-order valence-electron chi connectivity index (χ2n) is 8.17. The van der Waals surface area contributed by atoms with Gasteiger partial charge in [0, 0.05) is 23.7 Å². The molecule has 0 aliphatic carbocycles. The Labute approximate surface area is 215 Å². The molecule has 0 atom stereocenters. The Kier molecular flexibility index (Phi) is 8.40. The van der Waals surface area contributed by atoms with Gasteiger partial charge >= 0.3 is 0 Å². The Morgan fingerprint density at radius 2 is 1.74 bits per heavy atom. The minimum atomic E-state index is 0.637. The van der Waals surface area contributed by atoms with Gasteiger partial charge in [0.15, 0.2) is 0 Å². The largest absolute Gasteiger partial charge is 0.372 e. The van der Waals surface area contributed by atoms with Gasteiger partial charge in [0.1, 0.15) is 4.83 Å². The fourth-order valence-electron chi connectivity index (χ4n) is 3.83. The van der Waals surface area contributed by atoms with Crippen molar-refractivity contribution in [3.8, 4) is 6.07 Å².